The van der Waals surface area contributed by atoms with Crippen LogP contribution in [0.2, 0.25) is 0 Å². The number of unbranched alkanes of at least 4 members (excludes halogenated alkanes) is 3. The van der Waals surface area contributed by atoms with Gasteiger partial charge in [-0.05, 0) is 95.8 Å². The van der Waals surface area contributed by atoms with Gasteiger partial charge in [-0.15, -0.1) is 0 Å². The van der Waals surface area contributed by atoms with Crippen molar-refractivity contribution >= 4 is 16.7 Å². The molecule has 0 aliphatic carbocycles. The van der Waals surface area contributed by atoms with E-state index in [-0.39, 0.29) is 5.54 Å². The maximum atomic E-state index is 6.15. The van der Waals surface area contributed by atoms with Gasteiger partial charge in [-0.1, -0.05) is 25.8 Å². The van der Waals surface area contributed by atoms with Crippen molar-refractivity contribution in [3.05, 3.63) is 35.4 Å². The number of pyridine rings is 1. The summed E-state index contributed by atoms with van der Waals surface area (Å²) in [4.78, 5) is 7.05. The van der Waals surface area contributed by atoms with Gasteiger partial charge in [-0.3, -0.25) is 0 Å². The van der Waals surface area contributed by atoms with Crippen molar-refractivity contribution in [3.63, 3.8) is 0 Å². The van der Waals surface area contributed by atoms with Crippen molar-refractivity contribution in [1.82, 2.24) is 9.88 Å². The van der Waals surface area contributed by atoms with Crippen molar-refractivity contribution in [2.24, 2.45) is 0 Å². The van der Waals surface area contributed by atoms with Gasteiger partial charge < -0.3 is 10.6 Å². The van der Waals surface area contributed by atoms with E-state index in [1.807, 2.05) is 0 Å². The van der Waals surface area contributed by atoms with Crippen LogP contribution >= 0.6 is 0 Å². The van der Waals surface area contributed by atoms with E-state index >= 15 is 0 Å². The van der Waals surface area contributed by atoms with Crippen LogP contribution in [0.15, 0.2) is 24.3 Å². The van der Waals surface area contributed by atoms with Crippen LogP contribution in [0.5, 0.6) is 0 Å². The first-order valence-corrected chi connectivity index (χ1v) is 10.2. The number of nitrogens with zero attached hydrogens (tertiary/aromatic N) is 2. The number of aromatic nitrogens is 1. The largest absolute Gasteiger partial charge is 0.383 e. The molecule has 0 aliphatic rings. The standard InChI is InChI=1S/C23H37N3/c1-6-7-8-12-19-17-20-16-18(13-14-21(20)25-22(19)24)11-9-10-15-26(5)23(2,3)4/h13-14,16-17H,6-12,15H2,1-5H3,(H2,24,25). The molecule has 0 bridgehead atoms. The Bertz CT molecular complexity index is 700. The summed E-state index contributed by atoms with van der Waals surface area (Å²) in [6.45, 7) is 10.2. The molecule has 0 spiro atoms. The van der Waals surface area contributed by atoms with Gasteiger partial charge in [0.1, 0.15) is 5.82 Å². The van der Waals surface area contributed by atoms with Crippen LogP contribution in [-0.2, 0) is 12.8 Å². The summed E-state index contributed by atoms with van der Waals surface area (Å²) in [5.41, 5.74) is 10.0. The highest BCUT2D eigenvalue weighted by Gasteiger charge is 2.15. The highest BCUT2D eigenvalue weighted by Crippen LogP contribution is 2.22. The third-order valence-corrected chi connectivity index (χ3v) is 5.40. The predicted octanol–water partition coefficient (Wildman–Crippen LogP) is 5.60. The molecule has 2 N–H and O–H groups in total. The third-order valence-electron chi connectivity index (χ3n) is 5.40. The quantitative estimate of drug-likeness (QED) is 0.595. The molecule has 0 unspecified atom stereocenters. The van der Waals surface area contributed by atoms with Gasteiger partial charge in [0.2, 0.25) is 0 Å². The average Bonchev–Trinajstić information content (AvgIpc) is 2.58. The second-order valence-corrected chi connectivity index (χ2v) is 8.57. The Morgan fingerprint density at radius 2 is 1.73 bits per heavy atom. The van der Waals surface area contributed by atoms with Gasteiger partial charge in [0.05, 0.1) is 5.52 Å². The number of hydrogen-bond acceptors (Lipinski definition) is 3. The zero-order valence-electron chi connectivity index (χ0n) is 17.4. The summed E-state index contributed by atoms with van der Waals surface area (Å²) in [7, 11) is 2.21. The molecule has 144 valence electrons. The minimum Gasteiger partial charge on any atom is -0.383 e. The molecule has 1 aromatic carbocycles. The van der Waals surface area contributed by atoms with Gasteiger partial charge in [0, 0.05) is 10.9 Å². The van der Waals surface area contributed by atoms with E-state index in [0.29, 0.717) is 5.82 Å². The van der Waals surface area contributed by atoms with Crippen molar-refractivity contribution in [2.45, 2.75) is 78.2 Å². The topological polar surface area (TPSA) is 42.2 Å². The number of rotatable bonds is 9. The number of aryl methyl sites for hydroxylation is 2. The maximum Gasteiger partial charge on any atom is 0.127 e. The number of fused-ring (bicyclic) bond motifs is 1. The number of hydrogen-bond donors (Lipinski definition) is 1. The third kappa shape index (κ3) is 5.98. The Morgan fingerprint density at radius 3 is 2.42 bits per heavy atom. The van der Waals surface area contributed by atoms with Crippen LogP contribution in [0.1, 0.15) is 70.9 Å². The van der Waals surface area contributed by atoms with Gasteiger partial charge in [-0.2, -0.15) is 0 Å². The molecule has 2 aromatic rings. The van der Waals surface area contributed by atoms with E-state index in [4.69, 9.17) is 5.73 Å². The van der Waals surface area contributed by atoms with Crippen molar-refractivity contribution in [1.29, 1.82) is 0 Å². The molecular weight excluding hydrogens is 318 g/mol. The van der Waals surface area contributed by atoms with E-state index in [1.54, 1.807) is 0 Å². The average molecular weight is 356 g/mol. The fourth-order valence-electron chi connectivity index (χ4n) is 3.22. The second kappa shape index (κ2) is 9.36. The molecule has 0 atom stereocenters. The van der Waals surface area contributed by atoms with E-state index in [1.165, 1.54) is 48.6 Å². The normalized spacial score (nSPS) is 12.2. The molecule has 0 saturated carbocycles. The SMILES string of the molecule is CCCCCc1cc2cc(CCCCN(C)C(C)(C)C)ccc2nc1N. The van der Waals surface area contributed by atoms with Gasteiger partial charge in [0.25, 0.3) is 0 Å². The van der Waals surface area contributed by atoms with Crippen LogP contribution in [-0.4, -0.2) is 29.0 Å². The molecule has 1 aromatic heterocycles. The first-order valence-electron chi connectivity index (χ1n) is 10.2. The van der Waals surface area contributed by atoms with E-state index in [0.717, 1.165) is 24.9 Å². The fourth-order valence-corrected chi connectivity index (χ4v) is 3.22. The molecule has 2 rings (SSSR count). The summed E-state index contributed by atoms with van der Waals surface area (Å²) in [6, 6.07) is 8.89. The first-order chi connectivity index (χ1) is 12.3. The van der Waals surface area contributed by atoms with Crippen LogP contribution in [0, 0.1) is 0 Å². The second-order valence-electron chi connectivity index (χ2n) is 8.57. The number of benzene rings is 1. The number of nitrogen functional groups attached to an aromatic ring is 1. The smallest absolute Gasteiger partial charge is 0.127 e. The molecule has 3 heteroatoms. The first kappa shape index (κ1) is 20.7. The summed E-state index contributed by atoms with van der Waals surface area (Å²) in [6.07, 6.45) is 8.28. The molecule has 1 heterocycles. The lowest BCUT2D eigenvalue weighted by atomic mass is 10.0. The monoisotopic (exact) mass is 355 g/mol. The predicted molar refractivity (Wildman–Crippen MR) is 115 cm³/mol. The van der Waals surface area contributed by atoms with E-state index in [2.05, 4.69) is 68.9 Å². The lowest BCUT2D eigenvalue weighted by Gasteiger charge is -2.31. The zero-order valence-corrected chi connectivity index (χ0v) is 17.4. The van der Waals surface area contributed by atoms with Crippen molar-refractivity contribution in [2.75, 3.05) is 19.3 Å². The molecule has 0 fully saturated rings. The number of nitrogens with two attached hydrogens (primary N) is 1. The van der Waals surface area contributed by atoms with Crippen LogP contribution < -0.4 is 5.73 Å². The number of anilines is 1. The minimum atomic E-state index is 0.253. The lowest BCUT2D eigenvalue weighted by molar-refractivity contribution is 0.173. The Morgan fingerprint density at radius 1 is 1.00 bits per heavy atom. The molecule has 0 aliphatic heterocycles. The summed E-state index contributed by atoms with van der Waals surface area (Å²) >= 11 is 0. The Balaban J connectivity index is 1.97. The van der Waals surface area contributed by atoms with Gasteiger partial charge >= 0.3 is 0 Å². The Labute approximate surface area is 160 Å². The fraction of sp³-hybridized carbons (Fsp3) is 0.609. The molecule has 3 nitrogen and oxygen atoms in total. The van der Waals surface area contributed by atoms with Crippen molar-refractivity contribution in [3.8, 4) is 0 Å². The highest BCUT2D eigenvalue weighted by molar-refractivity contribution is 5.82. The Kier molecular flexibility index (Phi) is 7.45. The molecular formula is C23H37N3. The van der Waals surface area contributed by atoms with Crippen LogP contribution in [0.3, 0.4) is 0 Å². The van der Waals surface area contributed by atoms with Crippen LogP contribution in [0.25, 0.3) is 10.9 Å². The van der Waals surface area contributed by atoms with Crippen LogP contribution in [0.4, 0.5) is 5.82 Å². The molecule has 0 radical (unpaired) electrons. The van der Waals surface area contributed by atoms with Crippen molar-refractivity contribution < 1.29 is 0 Å². The molecule has 26 heavy (non-hydrogen) atoms. The highest BCUT2D eigenvalue weighted by atomic mass is 15.1. The summed E-state index contributed by atoms with van der Waals surface area (Å²) < 4.78 is 0. The zero-order chi connectivity index (χ0) is 19.2. The Hall–Kier alpha value is -1.61. The maximum absolute atomic E-state index is 6.15. The summed E-state index contributed by atoms with van der Waals surface area (Å²) in [5.74, 6) is 0.701. The van der Waals surface area contributed by atoms with E-state index < -0.39 is 0 Å². The molecule has 0 saturated heterocycles. The molecule has 0 amide bonds. The minimum absolute atomic E-state index is 0.253. The lowest BCUT2D eigenvalue weighted by Crippen LogP contribution is -2.38. The van der Waals surface area contributed by atoms with Gasteiger partial charge in [0.15, 0.2) is 0 Å². The van der Waals surface area contributed by atoms with E-state index in [9.17, 15) is 0 Å². The summed E-state index contributed by atoms with van der Waals surface area (Å²) in [5, 5.41) is 1.23. The van der Waals surface area contributed by atoms with Gasteiger partial charge in [-0.25, -0.2) is 4.98 Å².